The van der Waals surface area contributed by atoms with Crippen molar-refractivity contribution in [1.29, 1.82) is 0 Å². The number of nitrogens with one attached hydrogen (secondary N) is 2. The van der Waals surface area contributed by atoms with E-state index in [-0.39, 0.29) is 36.8 Å². The van der Waals surface area contributed by atoms with Gasteiger partial charge in [-0.15, -0.1) is 24.8 Å². The number of nitrogens with zero attached hydrogens (tertiary/aromatic N) is 3. The molecule has 0 spiro atoms. The predicted octanol–water partition coefficient (Wildman–Crippen LogP) is 2.04. The minimum Gasteiger partial charge on any atom is -0.350 e. The molecule has 6 nitrogen and oxygen atoms in total. The summed E-state index contributed by atoms with van der Waals surface area (Å²) in [5, 5.41) is 11.0. The summed E-state index contributed by atoms with van der Waals surface area (Å²) < 4.78 is 1.86. The summed E-state index contributed by atoms with van der Waals surface area (Å²) in [6.07, 6.45) is 7.84. The predicted molar refractivity (Wildman–Crippen MR) is 109 cm³/mol. The van der Waals surface area contributed by atoms with E-state index in [9.17, 15) is 4.79 Å². The van der Waals surface area contributed by atoms with Gasteiger partial charge in [0.1, 0.15) is 5.54 Å². The first kappa shape index (κ1) is 23.2. The third kappa shape index (κ3) is 5.35. The van der Waals surface area contributed by atoms with E-state index in [2.05, 4.69) is 34.5 Å². The van der Waals surface area contributed by atoms with E-state index in [0.717, 1.165) is 51.5 Å². The Labute approximate surface area is 169 Å². The van der Waals surface area contributed by atoms with Crippen LogP contribution in [0.3, 0.4) is 0 Å². The van der Waals surface area contributed by atoms with Crippen molar-refractivity contribution in [3.8, 4) is 0 Å². The van der Waals surface area contributed by atoms with Crippen LogP contribution in [0.5, 0.6) is 0 Å². The number of carbonyl (C=O) groups excluding carboxylic acids is 1. The van der Waals surface area contributed by atoms with E-state index in [0.29, 0.717) is 0 Å². The van der Waals surface area contributed by atoms with Crippen molar-refractivity contribution in [3.05, 3.63) is 18.5 Å². The average molecular weight is 406 g/mol. The van der Waals surface area contributed by atoms with Crippen LogP contribution >= 0.6 is 24.8 Å². The van der Waals surface area contributed by atoms with Crippen molar-refractivity contribution in [3.63, 3.8) is 0 Å². The summed E-state index contributed by atoms with van der Waals surface area (Å²) in [4.78, 5) is 15.6. The number of hydrogen-bond acceptors (Lipinski definition) is 4. The maximum atomic E-state index is 13.1. The third-order valence-corrected chi connectivity index (χ3v) is 5.45. The number of aromatic nitrogens is 2. The van der Waals surface area contributed by atoms with Crippen LogP contribution in [-0.4, -0.2) is 59.4 Å². The normalized spacial score (nSPS) is 24.0. The molecule has 8 heteroatoms. The molecule has 1 aromatic rings. The van der Waals surface area contributed by atoms with Crippen molar-refractivity contribution in [1.82, 2.24) is 25.3 Å². The monoisotopic (exact) mass is 405 g/mol. The Hall–Kier alpha value is -0.820. The number of rotatable bonds is 5. The van der Waals surface area contributed by atoms with Gasteiger partial charge in [-0.25, -0.2) is 0 Å². The van der Waals surface area contributed by atoms with Crippen molar-refractivity contribution >= 4 is 30.7 Å². The molecule has 0 aromatic carbocycles. The molecule has 2 aliphatic rings. The molecule has 1 amide bonds. The molecule has 2 atom stereocenters. The Kier molecular flexibility index (Phi) is 9.38. The quantitative estimate of drug-likeness (QED) is 0.786. The average Bonchev–Trinajstić information content (AvgIpc) is 3.10. The van der Waals surface area contributed by atoms with Gasteiger partial charge in [-0.1, -0.05) is 6.92 Å². The first-order chi connectivity index (χ1) is 11.6. The lowest BCUT2D eigenvalue weighted by Crippen LogP contribution is -2.57. The number of amides is 1. The lowest BCUT2D eigenvalue weighted by atomic mass is 9.87. The Balaban J connectivity index is 0.00000169. The molecule has 2 N–H and O–H groups in total. The minimum absolute atomic E-state index is 0. The van der Waals surface area contributed by atoms with E-state index >= 15 is 0 Å². The first-order valence-electron chi connectivity index (χ1n) is 9.34. The van der Waals surface area contributed by atoms with Gasteiger partial charge >= 0.3 is 0 Å². The highest BCUT2D eigenvalue weighted by Gasteiger charge is 2.42. The Morgan fingerprint density at radius 2 is 2.12 bits per heavy atom. The van der Waals surface area contributed by atoms with Gasteiger partial charge in [-0.3, -0.25) is 9.48 Å². The topological polar surface area (TPSA) is 62.2 Å². The standard InChI is InChI=1S/C18H31N5O.2ClH/c1-15-5-3-11-22(13-15)14-16(2)21-17(24)18(6-9-19-10-7-18)23-12-4-8-20-23;;/h4,8,12,15-16,19H,3,5-7,9-11,13-14H2,1-2H3,(H,21,24);2*1H. The second kappa shape index (κ2) is 10.5. The second-order valence-corrected chi connectivity index (χ2v) is 7.61. The summed E-state index contributed by atoms with van der Waals surface area (Å²) >= 11 is 0. The van der Waals surface area contributed by atoms with Crippen molar-refractivity contribution < 1.29 is 4.79 Å². The van der Waals surface area contributed by atoms with Crippen LogP contribution in [0.25, 0.3) is 0 Å². The van der Waals surface area contributed by atoms with Gasteiger partial charge in [0.15, 0.2) is 0 Å². The van der Waals surface area contributed by atoms with Gasteiger partial charge in [-0.2, -0.15) is 5.10 Å². The molecule has 0 bridgehead atoms. The van der Waals surface area contributed by atoms with E-state index in [1.807, 2.05) is 16.9 Å². The zero-order valence-electron chi connectivity index (χ0n) is 15.8. The van der Waals surface area contributed by atoms with Crippen LogP contribution in [0.2, 0.25) is 0 Å². The number of hydrogen-bond donors (Lipinski definition) is 2. The smallest absolute Gasteiger partial charge is 0.248 e. The molecular weight excluding hydrogens is 373 g/mol. The van der Waals surface area contributed by atoms with E-state index in [4.69, 9.17) is 0 Å². The summed E-state index contributed by atoms with van der Waals surface area (Å²) in [6.45, 7) is 9.37. The number of halogens is 2. The van der Waals surface area contributed by atoms with Crippen molar-refractivity contribution in [2.75, 3.05) is 32.7 Å². The minimum atomic E-state index is -0.543. The SMILES string of the molecule is CC1CCCN(CC(C)NC(=O)C2(n3cccn3)CCNCC2)C1.Cl.Cl. The molecule has 3 heterocycles. The first-order valence-corrected chi connectivity index (χ1v) is 9.34. The fraction of sp³-hybridized carbons (Fsp3) is 0.778. The van der Waals surface area contributed by atoms with Gasteiger partial charge in [0.2, 0.25) is 5.91 Å². The highest BCUT2D eigenvalue weighted by molar-refractivity contribution is 5.86. The molecule has 1 aromatic heterocycles. The van der Waals surface area contributed by atoms with Crippen LogP contribution in [0.15, 0.2) is 18.5 Å². The Bertz CT molecular complexity index is 534. The molecule has 3 rings (SSSR count). The number of likely N-dealkylation sites (tertiary alicyclic amines) is 1. The van der Waals surface area contributed by atoms with Gasteiger partial charge < -0.3 is 15.5 Å². The van der Waals surface area contributed by atoms with Crippen LogP contribution in [0.1, 0.15) is 39.5 Å². The summed E-state index contributed by atoms with van der Waals surface area (Å²) in [6, 6.07) is 2.06. The van der Waals surface area contributed by atoms with Gasteiger partial charge in [0.05, 0.1) is 0 Å². The fourth-order valence-electron chi connectivity index (χ4n) is 4.17. The Morgan fingerprint density at radius 1 is 1.38 bits per heavy atom. The van der Waals surface area contributed by atoms with Crippen LogP contribution < -0.4 is 10.6 Å². The van der Waals surface area contributed by atoms with Gasteiger partial charge in [-0.05, 0) is 64.2 Å². The fourth-order valence-corrected chi connectivity index (χ4v) is 4.17. The molecule has 2 fully saturated rings. The largest absolute Gasteiger partial charge is 0.350 e. The zero-order chi connectivity index (χ0) is 17.0. The lowest BCUT2D eigenvalue weighted by molar-refractivity contribution is -0.132. The maximum Gasteiger partial charge on any atom is 0.248 e. The molecule has 150 valence electrons. The van der Waals surface area contributed by atoms with Crippen molar-refractivity contribution in [2.24, 2.45) is 5.92 Å². The molecular formula is C18H33Cl2N5O. The number of carbonyl (C=O) groups is 1. The van der Waals surface area contributed by atoms with E-state index < -0.39 is 5.54 Å². The van der Waals surface area contributed by atoms with Crippen molar-refractivity contribution in [2.45, 2.75) is 51.1 Å². The summed E-state index contributed by atoms with van der Waals surface area (Å²) in [5.41, 5.74) is -0.543. The highest BCUT2D eigenvalue weighted by atomic mass is 35.5. The number of piperidine rings is 2. The molecule has 2 aliphatic heterocycles. The zero-order valence-corrected chi connectivity index (χ0v) is 17.5. The Morgan fingerprint density at radius 3 is 2.73 bits per heavy atom. The van der Waals surface area contributed by atoms with E-state index in [1.54, 1.807) is 6.20 Å². The molecule has 2 unspecified atom stereocenters. The van der Waals surface area contributed by atoms with Crippen LogP contribution in [0.4, 0.5) is 0 Å². The second-order valence-electron chi connectivity index (χ2n) is 7.61. The van der Waals surface area contributed by atoms with E-state index in [1.165, 1.54) is 12.8 Å². The third-order valence-electron chi connectivity index (χ3n) is 5.45. The molecule has 2 saturated heterocycles. The van der Waals surface area contributed by atoms with Crippen LogP contribution in [-0.2, 0) is 10.3 Å². The van der Waals surface area contributed by atoms with Gasteiger partial charge in [0.25, 0.3) is 0 Å². The molecule has 0 saturated carbocycles. The highest BCUT2D eigenvalue weighted by Crippen LogP contribution is 2.27. The molecule has 26 heavy (non-hydrogen) atoms. The maximum absolute atomic E-state index is 13.1. The lowest BCUT2D eigenvalue weighted by Gasteiger charge is -2.38. The molecule has 0 aliphatic carbocycles. The summed E-state index contributed by atoms with van der Waals surface area (Å²) in [7, 11) is 0. The van der Waals surface area contributed by atoms with Crippen LogP contribution in [0, 0.1) is 5.92 Å². The van der Waals surface area contributed by atoms with Gasteiger partial charge in [0, 0.05) is 31.5 Å². The molecule has 0 radical (unpaired) electrons. The summed E-state index contributed by atoms with van der Waals surface area (Å²) in [5.74, 6) is 0.881.